The first-order valence-electron chi connectivity index (χ1n) is 6.27. The molecule has 0 aliphatic carbocycles. The second kappa shape index (κ2) is 5.87. The number of para-hydroxylation sites is 1. The number of hydrogen-bond acceptors (Lipinski definition) is 4. The summed E-state index contributed by atoms with van der Waals surface area (Å²) < 4.78 is 45.1. The van der Waals surface area contributed by atoms with E-state index in [9.17, 15) is 8.78 Å². The van der Waals surface area contributed by atoms with Crippen LogP contribution in [0.2, 0.25) is 0 Å². The fourth-order valence-electron chi connectivity index (χ4n) is 1.96. The van der Waals surface area contributed by atoms with Gasteiger partial charge in [-0.05, 0) is 18.2 Å². The SMILES string of the molecule is FC(F)Oc1ccccc1COc1ccc2c(c1)OCO2. The first-order chi connectivity index (χ1) is 10.2. The van der Waals surface area contributed by atoms with E-state index in [4.69, 9.17) is 14.2 Å². The molecule has 0 atom stereocenters. The largest absolute Gasteiger partial charge is 0.489 e. The zero-order valence-corrected chi connectivity index (χ0v) is 10.9. The van der Waals surface area contributed by atoms with Crippen LogP contribution in [-0.4, -0.2) is 13.4 Å². The molecule has 2 aromatic carbocycles. The van der Waals surface area contributed by atoms with Crippen molar-refractivity contribution in [3.8, 4) is 23.0 Å². The summed E-state index contributed by atoms with van der Waals surface area (Å²) in [5, 5.41) is 0. The van der Waals surface area contributed by atoms with Crippen molar-refractivity contribution in [1.82, 2.24) is 0 Å². The molecule has 21 heavy (non-hydrogen) atoms. The summed E-state index contributed by atoms with van der Waals surface area (Å²) >= 11 is 0. The molecule has 1 aliphatic rings. The first-order valence-corrected chi connectivity index (χ1v) is 6.27. The summed E-state index contributed by atoms with van der Waals surface area (Å²) in [4.78, 5) is 0. The van der Waals surface area contributed by atoms with Crippen LogP contribution in [0.25, 0.3) is 0 Å². The lowest BCUT2D eigenvalue weighted by atomic mass is 10.2. The highest BCUT2D eigenvalue weighted by Gasteiger charge is 2.14. The van der Waals surface area contributed by atoms with Gasteiger partial charge in [-0.3, -0.25) is 0 Å². The molecule has 0 radical (unpaired) electrons. The Hall–Kier alpha value is -2.50. The van der Waals surface area contributed by atoms with Crippen LogP contribution in [0.5, 0.6) is 23.0 Å². The third kappa shape index (κ3) is 3.16. The summed E-state index contributed by atoms with van der Waals surface area (Å²) in [6.45, 7) is -2.57. The van der Waals surface area contributed by atoms with Crippen LogP contribution in [0.3, 0.4) is 0 Å². The number of rotatable bonds is 5. The Balaban J connectivity index is 1.70. The summed E-state index contributed by atoms with van der Waals surface area (Å²) in [6, 6.07) is 11.7. The summed E-state index contributed by atoms with van der Waals surface area (Å²) in [6.07, 6.45) is 0. The number of ether oxygens (including phenoxy) is 4. The smallest absolute Gasteiger partial charge is 0.387 e. The standard InChI is InChI=1S/C15H12F2O4/c16-15(17)21-12-4-2-1-3-10(12)8-18-11-5-6-13-14(7-11)20-9-19-13/h1-7,15H,8-9H2. The minimum Gasteiger partial charge on any atom is -0.489 e. The second-order valence-electron chi connectivity index (χ2n) is 4.29. The van der Waals surface area contributed by atoms with E-state index in [1.54, 1.807) is 36.4 Å². The molecule has 0 bridgehead atoms. The third-order valence-electron chi connectivity index (χ3n) is 2.93. The van der Waals surface area contributed by atoms with Gasteiger partial charge in [0.1, 0.15) is 18.1 Å². The normalized spacial score (nSPS) is 12.5. The molecule has 4 nitrogen and oxygen atoms in total. The van der Waals surface area contributed by atoms with Gasteiger partial charge in [0.25, 0.3) is 0 Å². The summed E-state index contributed by atoms with van der Waals surface area (Å²) in [5.41, 5.74) is 0.537. The van der Waals surface area contributed by atoms with E-state index in [-0.39, 0.29) is 19.1 Å². The van der Waals surface area contributed by atoms with Gasteiger partial charge in [0.15, 0.2) is 11.5 Å². The fourth-order valence-corrected chi connectivity index (χ4v) is 1.96. The van der Waals surface area contributed by atoms with Crippen molar-refractivity contribution >= 4 is 0 Å². The number of fused-ring (bicyclic) bond motifs is 1. The van der Waals surface area contributed by atoms with E-state index in [1.807, 2.05) is 0 Å². The lowest BCUT2D eigenvalue weighted by molar-refractivity contribution is -0.0508. The van der Waals surface area contributed by atoms with Crippen molar-refractivity contribution in [3.63, 3.8) is 0 Å². The van der Waals surface area contributed by atoms with Gasteiger partial charge in [-0.15, -0.1) is 0 Å². The lowest BCUT2D eigenvalue weighted by Gasteiger charge is -2.12. The van der Waals surface area contributed by atoms with Crippen LogP contribution in [0.15, 0.2) is 42.5 Å². The first kappa shape index (κ1) is 13.5. The van der Waals surface area contributed by atoms with Crippen molar-refractivity contribution in [2.75, 3.05) is 6.79 Å². The molecule has 0 N–H and O–H groups in total. The van der Waals surface area contributed by atoms with Crippen molar-refractivity contribution in [2.45, 2.75) is 13.2 Å². The van der Waals surface area contributed by atoms with E-state index < -0.39 is 6.61 Å². The van der Waals surface area contributed by atoms with Crippen LogP contribution in [0.4, 0.5) is 8.78 Å². The molecule has 3 rings (SSSR count). The molecule has 0 aromatic heterocycles. The number of benzene rings is 2. The Bertz CT molecular complexity index is 631. The zero-order chi connectivity index (χ0) is 14.7. The zero-order valence-electron chi connectivity index (χ0n) is 10.9. The molecular weight excluding hydrogens is 282 g/mol. The van der Waals surface area contributed by atoms with Gasteiger partial charge in [0.05, 0.1) is 0 Å². The fraction of sp³-hybridized carbons (Fsp3) is 0.200. The Morgan fingerprint density at radius 2 is 1.86 bits per heavy atom. The minimum atomic E-state index is -2.86. The van der Waals surface area contributed by atoms with Crippen LogP contribution in [0, 0.1) is 0 Å². The number of hydrogen-bond donors (Lipinski definition) is 0. The predicted molar refractivity (Wildman–Crippen MR) is 70.0 cm³/mol. The molecule has 2 aromatic rings. The van der Waals surface area contributed by atoms with Crippen molar-refractivity contribution in [3.05, 3.63) is 48.0 Å². The molecule has 1 heterocycles. The maximum absolute atomic E-state index is 12.3. The molecular formula is C15H12F2O4. The van der Waals surface area contributed by atoms with Crippen LogP contribution in [-0.2, 0) is 6.61 Å². The molecule has 0 spiro atoms. The van der Waals surface area contributed by atoms with Crippen LogP contribution >= 0.6 is 0 Å². The molecule has 0 saturated heterocycles. The van der Waals surface area contributed by atoms with E-state index in [0.717, 1.165) is 0 Å². The van der Waals surface area contributed by atoms with E-state index in [1.165, 1.54) is 6.07 Å². The molecule has 1 aliphatic heterocycles. The van der Waals surface area contributed by atoms with Gasteiger partial charge in [-0.2, -0.15) is 8.78 Å². The van der Waals surface area contributed by atoms with Gasteiger partial charge >= 0.3 is 6.61 Å². The highest BCUT2D eigenvalue weighted by Crippen LogP contribution is 2.35. The van der Waals surface area contributed by atoms with Crippen LogP contribution < -0.4 is 18.9 Å². The Morgan fingerprint density at radius 1 is 1.05 bits per heavy atom. The summed E-state index contributed by atoms with van der Waals surface area (Å²) in [7, 11) is 0. The van der Waals surface area contributed by atoms with Crippen molar-refractivity contribution in [1.29, 1.82) is 0 Å². The van der Waals surface area contributed by atoms with E-state index >= 15 is 0 Å². The number of alkyl halides is 2. The van der Waals surface area contributed by atoms with Crippen molar-refractivity contribution < 1.29 is 27.7 Å². The van der Waals surface area contributed by atoms with Gasteiger partial charge in [-0.1, -0.05) is 18.2 Å². The van der Waals surface area contributed by atoms with Gasteiger partial charge in [0.2, 0.25) is 6.79 Å². The van der Waals surface area contributed by atoms with Gasteiger partial charge in [0, 0.05) is 11.6 Å². The Kier molecular flexibility index (Phi) is 3.77. The van der Waals surface area contributed by atoms with Gasteiger partial charge in [-0.25, -0.2) is 0 Å². The molecule has 0 unspecified atom stereocenters. The van der Waals surface area contributed by atoms with Crippen molar-refractivity contribution in [2.24, 2.45) is 0 Å². The maximum atomic E-state index is 12.3. The molecule has 110 valence electrons. The highest BCUT2D eigenvalue weighted by atomic mass is 19.3. The molecule has 0 fully saturated rings. The third-order valence-corrected chi connectivity index (χ3v) is 2.93. The van der Waals surface area contributed by atoms with Gasteiger partial charge < -0.3 is 18.9 Å². The van der Waals surface area contributed by atoms with Crippen LogP contribution in [0.1, 0.15) is 5.56 Å². The predicted octanol–water partition coefficient (Wildman–Crippen LogP) is 3.60. The molecule has 0 amide bonds. The maximum Gasteiger partial charge on any atom is 0.387 e. The van der Waals surface area contributed by atoms with E-state index in [0.29, 0.717) is 22.8 Å². The minimum absolute atomic E-state index is 0.105. The summed E-state index contributed by atoms with van der Waals surface area (Å²) in [5.74, 6) is 1.92. The average molecular weight is 294 g/mol. The molecule has 6 heteroatoms. The Labute approximate surface area is 119 Å². The average Bonchev–Trinajstić information content (AvgIpc) is 2.93. The Morgan fingerprint density at radius 3 is 2.71 bits per heavy atom. The monoisotopic (exact) mass is 294 g/mol. The topological polar surface area (TPSA) is 36.9 Å². The molecule has 0 saturated carbocycles. The van der Waals surface area contributed by atoms with E-state index in [2.05, 4.69) is 4.74 Å². The quantitative estimate of drug-likeness (QED) is 0.844. The second-order valence-corrected chi connectivity index (χ2v) is 4.29. The highest BCUT2D eigenvalue weighted by molar-refractivity contribution is 5.47. The lowest BCUT2D eigenvalue weighted by Crippen LogP contribution is -2.06. The number of halogens is 2.